The van der Waals surface area contributed by atoms with Crippen molar-refractivity contribution in [1.82, 2.24) is 16.0 Å². The number of carbonyl (C=O) groups is 5. The van der Waals surface area contributed by atoms with Crippen LogP contribution in [0, 0.1) is 5.41 Å². The second-order valence-electron chi connectivity index (χ2n) is 10.2. The molecule has 2 aromatic rings. The number of carboxylic acids is 1. The number of nitrogen functional groups attached to an aromatic ring is 1. The first-order chi connectivity index (χ1) is 18.7. The fraction of sp³-hybridized carbons (Fsp3) is 0.357. The predicted molar refractivity (Wildman–Crippen MR) is 149 cm³/mol. The zero-order valence-electron chi connectivity index (χ0n) is 22.7. The first kappa shape index (κ1) is 31.5. The molecule has 40 heavy (non-hydrogen) atoms. The third-order valence-electron chi connectivity index (χ3n) is 5.50. The lowest BCUT2D eigenvalue weighted by molar-refractivity contribution is -0.141. The highest BCUT2D eigenvalue weighted by Gasteiger charge is 2.30. The SMILES string of the molecule is CC(C)(C)NC(=O)[C@H](Cc1ccccc1)NC(=O)[C@H](CC(=O)O)NC(=O)CCC(=O)Nc1ccc(C(=N)N)cc1. The van der Waals surface area contributed by atoms with Crippen LogP contribution in [0.1, 0.15) is 51.2 Å². The Labute approximate surface area is 232 Å². The summed E-state index contributed by atoms with van der Waals surface area (Å²) >= 11 is 0. The Hall–Kier alpha value is -4.74. The molecule has 4 amide bonds. The van der Waals surface area contributed by atoms with E-state index >= 15 is 0 Å². The maximum absolute atomic E-state index is 13.1. The Balaban J connectivity index is 2.03. The van der Waals surface area contributed by atoms with E-state index < -0.39 is 53.6 Å². The van der Waals surface area contributed by atoms with E-state index in [-0.39, 0.29) is 25.1 Å². The van der Waals surface area contributed by atoms with Crippen LogP contribution in [0.25, 0.3) is 0 Å². The van der Waals surface area contributed by atoms with E-state index in [0.29, 0.717) is 11.3 Å². The summed E-state index contributed by atoms with van der Waals surface area (Å²) in [6.45, 7) is 5.37. The number of nitrogens with one attached hydrogen (secondary N) is 5. The molecule has 2 atom stereocenters. The number of benzene rings is 2. The fourth-order valence-corrected chi connectivity index (χ4v) is 3.62. The van der Waals surface area contributed by atoms with Gasteiger partial charge in [0.2, 0.25) is 23.6 Å². The summed E-state index contributed by atoms with van der Waals surface area (Å²) in [6, 6.07) is 12.7. The number of carboxylic acid groups (broad SMARTS) is 1. The van der Waals surface area contributed by atoms with Gasteiger partial charge in [-0.25, -0.2) is 0 Å². The van der Waals surface area contributed by atoms with Crippen LogP contribution in [-0.2, 0) is 30.4 Å². The summed E-state index contributed by atoms with van der Waals surface area (Å²) in [5.41, 5.74) is 6.53. The molecular formula is C28H36N6O6. The minimum atomic E-state index is -1.46. The molecular weight excluding hydrogens is 516 g/mol. The van der Waals surface area contributed by atoms with Crippen molar-refractivity contribution >= 4 is 41.1 Å². The van der Waals surface area contributed by atoms with Gasteiger partial charge in [0.15, 0.2) is 0 Å². The number of hydrogen-bond acceptors (Lipinski definition) is 6. The number of carbonyl (C=O) groups excluding carboxylic acids is 4. The van der Waals surface area contributed by atoms with Crippen LogP contribution in [0.3, 0.4) is 0 Å². The Morgan fingerprint density at radius 2 is 1.45 bits per heavy atom. The van der Waals surface area contributed by atoms with Crippen molar-refractivity contribution in [3.05, 3.63) is 65.7 Å². The number of hydrogen-bond donors (Lipinski definition) is 7. The predicted octanol–water partition coefficient (Wildman–Crippen LogP) is 1.29. The number of amidine groups is 1. The lowest BCUT2D eigenvalue weighted by Gasteiger charge is -2.27. The number of amides is 4. The molecule has 12 nitrogen and oxygen atoms in total. The third-order valence-corrected chi connectivity index (χ3v) is 5.50. The topological polar surface area (TPSA) is 204 Å². The number of nitrogens with two attached hydrogens (primary N) is 1. The molecule has 0 aliphatic heterocycles. The number of aliphatic carboxylic acids is 1. The monoisotopic (exact) mass is 552 g/mol. The van der Waals surface area contributed by atoms with E-state index in [1.165, 1.54) is 0 Å². The minimum absolute atomic E-state index is 0.115. The van der Waals surface area contributed by atoms with Crippen LogP contribution < -0.4 is 27.0 Å². The van der Waals surface area contributed by atoms with E-state index in [0.717, 1.165) is 5.56 Å². The third kappa shape index (κ3) is 11.3. The second kappa shape index (κ2) is 14.4. The zero-order chi connectivity index (χ0) is 29.9. The molecule has 0 aliphatic rings. The average Bonchev–Trinajstić information content (AvgIpc) is 2.86. The smallest absolute Gasteiger partial charge is 0.305 e. The van der Waals surface area contributed by atoms with Crippen molar-refractivity contribution in [2.24, 2.45) is 5.73 Å². The van der Waals surface area contributed by atoms with Gasteiger partial charge < -0.3 is 32.1 Å². The van der Waals surface area contributed by atoms with Crippen molar-refractivity contribution in [3.63, 3.8) is 0 Å². The molecule has 2 aromatic carbocycles. The lowest BCUT2D eigenvalue weighted by Crippen LogP contribution is -2.57. The van der Waals surface area contributed by atoms with E-state index in [1.807, 2.05) is 6.07 Å². The maximum Gasteiger partial charge on any atom is 0.305 e. The summed E-state index contributed by atoms with van der Waals surface area (Å²) in [5, 5.41) is 27.1. The van der Waals surface area contributed by atoms with Gasteiger partial charge in [-0.15, -0.1) is 0 Å². The first-order valence-electron chi connectivity index (χ1n) is 12.7. The number of rotatable bonds is 13. The van der Waals surface area contributed by atoms with Gasteiger partial charge in [-0.2, -0.15) is 0 Å². The van der Waals surface area contributed by atoms with Gasteiger partial charge in [-0.05, 0) is 50.6 Å². The van der Waals surface area contributed by atoms with Crippen molar-refractivity contribution in [2.45, 2.75) is 64.1 Å². The van der Waals surface area contributed by atoms with Crippen molar-refractivity contribution in [3.8, 4) is 0 Å². The summed E-state index contributed by atoms with van der Waals surface area (Å²) < 4.78 is 0. The molecule has 0 bridgehead atoms. The summed E-state index contributed by atoms with van der Waals surface area (Å²) in [4.78, 5) is 62.3. The van der Waals surface area contributed by atoms with Crippen LogP contribution >= 0.6 is 0 Å². The standard InChI is InChI=1S/C28H36N6O6/c1-28(2,3)34-27(40)20(15-17-7-5-4-6-8-17)33-26(39)21(16-24(37)38)32-23(36)14-13-22(35)31-19-11-9-18(10-12-19)25(29)30/h4-12,20-21H,13-16H2,1-3H3,(H3,29,30)(H,31,35)(H,32,36)(H,33,39)(H,34,40)(H,37,38)/t20-,21-/m0/s1. The van der Waals surface area contributed by atoms with E-state index in [2.05, 4.69) is 21.3 Å². The van der Waals surface area contributed by atoms with Crippen molar-refractivity contribution in [2.75, 3.05) is 5.32 Å². The van der Waals surface area contributed by atoms with Crippen LogP contribution in [0.5, 0.6) is 0 Å². The minimum Gasteiger partial charge on any atom is -0.481 e. The molecule has 0 aromatic heterocycles. The maximum atomic E-state index is 13.1. The van der Waals surface area contributed by atoms with Crippen LogP contribution in [0.15, 0.2) is 54.6 Å². The molecule has 0 saturated carbocycles. The molecule has 0 heterocycles. The molecule has 0 radical (unpaired) electrons. The second-order valence-corrected chi connectivity index (χ2v) is 10.2. The largest absolute Gasteiger partial charge is 0.481 e. The van der Waals surface area contributed by atoms with Crippen LogP contribution in [0.2, 0.25) is 0 Å². The highest BCUT2D eigenvalue weighted by atomic mass is 16.4. The van der Waals surface area contributed by atoms with Crippen molar-refractivity contribution < 1.29 is 29.1 Å². The summed E-state index contributed by atoms with van der Waals surface area (Å²) in [5.74, 6) is -3.93. The fourth-order valence-electron chi connectivity index (χ4n) is 3.62. The van der Waals surface area contributed by atoms with E-state index in [4.69, 9.17) is 11.1 Å². The van der Waals surface area contributed by atoms with Gasteiger partial charge in [0.05, 0.1) is 6.42 Å². The molecule has 0 spiro atoms. The molecule has 8 N–H and O–H groups in total. The zero-order valence-corrected chi connectivity index (χ0v) is 22.7. The van der Waals surface area contributed by atoms with E-state index in [9.17, 15) is 29.1 Å². The normalized spacial score (nSPS) is 12.4. The van der Waals surface area contributed by atoms with Crippen LogP contribution in [-0.4, -0.2) is 58.2 Å². The highest BCUT2D eigenvalue weighted by molar-refractivity contribution is 5.98. The summed E-state index contributed by atoms with van der Waals surface area (Å²) in [7, 11) is 0. The molecule has 12 heteroatoms. The van der Waals surface area contributed by atoms with Crippen molar-refractivity contribution in [1.29, 1.82) is 5.41 Å². The molecule has 0 aliphatic carbocycles. The van der Waals surface area contributed by atoms with Crippen LogP contribution in [0.4, 0.5) is 5.69 Å². The molecule has 0 fully saturated rings. The van der Waals surface area contributed by atoms with Gasteiger partial charge in [-0.3, -0.25) is 29.4 Å². The molecule has 0 unspecified atom stereocenters. The Kier molecular flexibility index (Phi) is 11.4. The first-order valence-corrected chi connectivity index (χ1v) is 12.7. The Bertz CT molecular complexity index is 1220. The molecule has 2 rings (SSSR count). The summed E-state index contributed by atoms with van der Waals surface area (Å²) in [6.07, 6.45) is -1.11. The Morgan fingerprint density at radius 3 is 2.00 bits per heavy atom. The van der Waals surface area contributed by atoms with Gasteiger partial charge in [-0.1, -0.05) is 30.3 Å². The van der Waals surface area contributed by atoms with Gasteiger partial charge in [0, 0.05) is 36.1 Å². The number of anilines is 1. The molecule has 214 valence electrons. The van der Waals surface area contributed by atoms with Gasteiger partial charge in [0.1, 0.15) is 17.9 Å². The Morgan fingerprint density at radius 1 is 0.850 bits per heavy atom. The van der Waals surface area contributed by atoms with Gasteiger partial charge >= 0.3 is 5.97 Å². The quantitative estimate of drug-likeness (QED) is 0.143. The highest BCUT2D eigenvalue weighted by Crippen LogP contribution is 2.11. The average molecular weight is 553 g/mol. The molecule has 0 saturated heterocycles. The van der Waals surface area contributed by atoms with E-state index in [1.54, 1.807) is 69.3 Å². The lowest BCUT2D eigenvalue weighted by atomic mass is 10.0. The van der Waals surface area contributed by atoms with Gasteiger partial charge in [0.25, 0.3) is 0 Å².